The lowest BCUT2D eigenvalue weighted by atomic mass is 10.1. The maximum absolute atomic E-state index is 5.72. The topological polar surface area (TPSA) is 21.3 Å². The zero-order chi connectivity index (χ0) is 11.2. The van der Waals surface area contributed by atoms with Crippen molar-refractivity contribution >= 4 is 11.8 Å². The van der Waals surface area contributed by atoms with Gasteiger partial charge >= 0.3 is 0 Å². The van der Waals surface area contributed by atoms with Gasteiger partial charge in [-0.2, -0.15) is 0 Å². The first kappa shape index (κ1) is 14.3. The van der Waals surface area contributed by atoms with Crippen molar-refractivity contribution in [3.63, 3.8) is 0 Å². The molecular formula is C11H25NOS. The van der Waals surface area contributed by atoms with Gasteiger partial charge in [-0.15, -0.1) is 11.8 Å². The first-order chi connectivity index (χ1) is 6.27. The van der Waals surface area contributed by atoms with Crippen molar-refractivity contribution in [3.05, 3.63) is 0 Å². The Hall–Kier alpha value is 0.270. The fraction of sp³-hybridized carbons (Fsp3) is 1.00. The van der Waals surface area contributed by atoms with Crippen molar-refractivity contribution in [1.29, 1.82) is 0 Å². The smallest absolute Gasteiger partial charge is 0.107 e. The second kappa shape index (κ2) is 5.99. The van der Waals surface area contributed by atoms with E-state index in [1.807, 2.05) is 0 Å². The molecule has 0 aliphatic carbocycles. The molecule has 0 fully saturated rings. The van der Waals surface area contributed by atoms with Crippen LogP contribution in [0.15, 0.2) is 0 Å². The molecule has 0 amide bonds. The Kier molecular flexibility index (Phi) is 6.10. The van der Waals surface area contributed by atoms with Gasteiger partial charge in [-0.3, -0.25) is 0 Å². The molecule has 0 spiro atoms. The van der Waals surface area contributed by atoms with Crippen LogP contribution in [0.3, 0.4) is 0 Å². The molecule has 0 rings (SSSR count). The molecular weight excluding hydrogens is 194 g/mol. The normalized spacial score (nSPS) is 13.3. The molecule has 0 unspecified atom stereocenters. The molecule has 0 aromatic rings. The third-order valence-corrected chi connectivity index (χ3v) is 3.02. The number of ether oxygens (including phenoxy) is 1. The van der Waals surface area contributed by atoms with Crippen LogP contribution in [0.5, 0.6) is 0 Å². The van der Waals surface area contributed by atoms with Gasteiger partial charge in [0.25, 0.3) is 0 Å². The molecule has 0 heterocycles. The van der Waals surface area contributed by atoms with Crippen LogP contribution in [0.2, 0.25) is 0 Å². The largest absolute Gasteiger partial charge is 0.365 e. The Morgan fingerprint density at radius 3 is 2.14 bits per heavy atom. The summed E-state index contributed by atoms with van der Waals surface area (Å²) >= 11 is 1.75. The van der Waals surface area contributed by atoms with E-state index in [9.17, 15) is 0 Å². The summed E-state index contributed by atoms with van der Waals surface area (Å²) in [5.74, 6) is 0. The number of hydrogen-bond acceptors (Lipinski definition) is 3. The number of rotatable bonds is 6. The molecule has 0 aliphatic rings. The summed E-state index contributed by atoms with van der Waals surface area (Å²) in [6.45, 7) is 12.6. The molecule has 0 saturated heterocycles. The van der Waals surface area contributed by atoms with Crippen LogP contribution in [0, 0.1) is 0 Å². The second-order valence-electron chi connectivity index (χ2n) is 4.98. The highest BCUT2D eigenvalue weighted by atomic mass is 32.2. The Labute approximate surface area is 93.2 Å². The van der Waals surface area contributed by atoms with E-state index in [4.69, 9.17) is 4.74 Å². The molecule has 0 bridgehead atoms. The number of nitrogens with one attached hydrogen (secondary N) is 1. The summed E-state index contributed by atoms with van der Waals surface area (Å²) in [6, 6.07) is 0. The fourth-order valence-electron chi connectivity index (χ4n) is 0.912. The van der Waals surface area contributed by atoms with E-state index in [2.05, 4.69) is 46.2 Å². The summed E-state index contributed by atoms with van der Waals surface area (Å²) in [6.07, 6.45) is 3.15. The molecule has 2 nitrogen and oxygen atoms in total. The second-order valence-corrected chi connectivity index (χ2v) is 6.37. The van der Waals surface area contributed by atoms with Crippen molar-refractivity contribution in [2.75, 3.05) is 19.4 Å². The summed E-state index contributed by atoms with van der Waals surface area (Å²) in [5.41, 5.74) is 0.217. The van der Waals surface area contributed by atoms with Gasteiger partial charge in [0, 0.05) is 12.1 Å². The van der Waals surface area contributed by atoms with Crippen molar-refractivity contribution in [2.45, 2.75) is 51.5 Å². The highest BCUT2D eigenvalue weighted by Crippen LogP contribution is 2.22. The van der Waals surface area contributed by atoms with Gasteiger partial charge in [0.15, 0.2) is 0 Å². The average molecular weight is 219 g/mol. The third-order valence-electron chi connectivity index (χ3n) is 1.92. The maximum atomic E-state index is 5.72. The van der Waals surface area contributed by atoms with E-state index < -0.39 is 0 Å². The third kappa shape index (κ3) is 8.85. The Morgan fingerprint density at radius 2 is 1.71 bits per heavy atom. The predicted octanol–water partition coefficient (Wildman–Crippen LogP) is 2.88. The Bertz CT molecular complexity index is 152. The molecule has 0 saturated carbocycles. The summed E-state index contributed by atoms with van der Waals surface area (Å²) in [7, 11) is 0. The van der Waals surface area contributed by atoms with Crippen molar-refractivity contribution in [3.8, 4) is 0 Å². The van der Waals surface area contributed by atoms with Gasteiger partial charge < -0.3 is 10.1 Å². The van der Waals surface area contributed by atoms with Gasteiger partial charge in [0.2, 0.25) is 0 Å². The quantitative estimate of drug-likeness (QED) is 0.548. The van der Waals surface area contributed by atoms with Gasteiger partial charge in [-0.25, -0.2) is 0 Å². The zero-order valence-corrected chi connectivity index (χ0v) is 11.3. The van der Waals surface area contributed by atoms with E-state index >= 15 is 0 Å². The van der Waals surface area contributed by atoms with Gasteiger partial charge in [-0.05, 0) is 53.8 Å². The lowest BCUT2D eigenvalue weighted by molar-refractivity contribution is 0.0507. The first-order valence-corrected chi connectivity index (χ1v) is 6.43. The van der Waals surface area contributed by atoms with Crippen molar-refractivity contribution in [2.24, 2.45) is 0 Å². The summed E-state index contributed by atoms with van der Waals surface area (Å²) < 4.78 is 5.72. The average Bonchev–Trinajstić information content (AvgIpc) is 2.01. The minimum absolute atomic E-state index is 0.0399. The van der Waals surface area contributed by atoms with Gasteiger partial charge in [0.05, 0.1) is 0 Å². The van der Waals surface area contributed by atoms with E-state index in [-0.39, 0.29) is 10.5 Å². The minimum atomic E-state index is -0.0399. The predicted molar refractivity (Wildman–Crippen MR) is 65.9 cm³/mol. The van der Waals surface area contributed by atoms with E-state index in [1.54, 1.807) is 11.8 Å². The highest BCUT2D eigenvalue weighted by molar-refractivity contribution is 7.99. The van der Waals surface area contributed by atoms with Crippen LogP contribution in [0.4, 0.5) is 0 Å². The highest BCUT2D eigenvalue weighted by Gasteiger charge is 2.15. The van der Waals surface area contributed by atoms with E-state index in [0.29, 0.717) is 0 Å². The molecule has 1 N–H and O–H groups in total. The molecule has 0 radical (unpaired) electrons. The standard InChI is InChI=1S/C11H25NOS/c1-10(2,3)12-8-7-9-13-11(4,5)14-6/h12H,7-9H2,1-6H3. The van der Waals surface area contributed by atoms with Crippen LogP contribution >= 0.6 is 11.8 Å². The van der Waals surface area contributed by atoms with Crippen LogP contribution in [0.1, 0.15) is 41.0 Å². The van der Waals surface area contributed by atoms with E-state index in [0.717, 1.165) is 19.6 Å². The first-order valence-electron chi connectivity index (χ1n) is 5.21. The van der Waals surface area contributed by atoms with Crippen LogP contribution < -0.4 is 5.32 Å². The lowest BCUT2D eigenvalue weighted by Gasteiger charge is -2.24. The van der Waals surface area contributed by atoms with Crippen molar-refractivity contribution < 1.29 is 4.74 Å². The summed E-state index contributed by atoms with van der Waals surface area (Å²) in [5, 5.41) is 3.44. The van der Waals surface area contributed by atoms with Crippen LogP contribution in [-0.4, -0.2) is 29.9 Å². The molecule has 0 aromatic heterocycles. The summed E-state index contributed by atoms with van der Waals surface area (Å²) in [4.78, 5) is -0.0399. The Morgan fingerprint density at radius 1 is 1.14 bits per heavy atom. The molecule has 86 valence electrons. The SMILES string of the molecule is CSC(C)(C)OCCCNC(C)(C)C. The van der Waals surface area contributed by atoms with Gasteiger partial charge in [0.1, 0.15) is 4.93 Å². The molecule has 0 aromatic carbocycles. The number of thioether (sulfide) groups is 1. The fourth-order valence-corrected chi connectivity index (χ4v) is 1.11. The van der Waals surface area contributed by atoms with Crippen molar-refractivity contribution in [1.82, 2.24) is 5.32 Å². The van der Waals surface area contributed by atoms with Gasteiger partial charge in [-0.1, -0.05) is 0 Å². The molecule has 14 heavy (non-hydrogen) atoms. The Balaban J connectivity index is 3.39. The lowest BCUT2D eigenvalue weighted by Crippen LogP contribution is -2.37. The van der Waals surface area contributed by atoms with Crippen LogP contribution in [0.25, 0.3) is 0 Å². The van der Waals surface area contributed by atoms with E-state index in [1.165, 1.54) is 0 Å². The monoisotopic (exact) mass is 219 g/mol. The van der Waals surface area contributed by atoms with Crippen LogP contribution in [-0.2, 0) is 4.74 Å². The molecule has 0 aliphatic heterocycles. The maximum Gasteiger partial charge on any atom is 0.107 e. The minimum Gasteiger partial charge on any atom is -0.365 e. The molecule has 0 atom stereocenters. The molecule has 3 heteroatoms. The number of hydrogen-bond donors (Lipinski definition) is 1. The zero-order valence-electron chi connectivity index (χ0n) is 10.4.